The maximum atomic E-state index is 12.6. The summed E-state index contributed by atoms with van der Waals surface area (Å²) in [5.74, 6) is -0.169. The monoisotopic (exact) mass is 454 g/mol. The smallest absolute Gasteiger partial charge is 0.279 e. The zero-order chi connectivity index (χ0) is 22.0. The number of hydrogen-bond acceptors (Lipinski definition) is 5. The molecular weight excluding hydrogens is 436 g/mol. The van der Waals surface area contributed by atoms with Crippen LogP contribution >= 0.6 is 22.9 Å². The molecule has 2 aromatic carbocycles. The Balaban J connectivity index is 1.48. The van der Waals surface area contributed by atoms with E-state index in [4.69, 9.17) is 16.3 Å². The first-order chi connectivity index (χ1) is 15.0. The molecule has 0 fully saturated rings. The highest BCUT2D eigenvalue weighted by molar-refractivity contribution is 7.20. The SMILES string of the molecule is COc1ccc(C(=O)NNC(=O)c2cc3c(C)nn(Cc4ccccc4Cl)c3s2)cc1. The first-order valence-corrected chi connectivity index (χ1v) is 10.6. The highest BCUT2D eigenvalue weighted by Gasteiger charge is 2.17. The maximum Gasteiger partial charge on any atom is 0.279 e. The highest BCUT2D eigenvalue weighted by atomic mass is 35.5. The van der Waals surface area contributed by atoms with Crippen LogP contribution in [0.2, 0.25) is 5.02 Å². The summed E-state index contributed by atoms with van der Waals surface area (Å²) >= 11 is 7.58. The number of nitrogens with zero attached hydrogens (tertiary/aromatic N) is 2. The summed E-state index contributed by atoms with van der Waals surface area (Å²) in [7, 11) is 1.55. The van der Waals surface area contributed by atoms with Gasteiger partial charge >= 0.3 is 0 Å². The zero-order valence-electron chi connectivity index (χ0n) is 16.8. The minimum absolute atomic E-state index is 0.397. The molecule has 0 aliphatic carbocycles. The Morgan fingerprint density at radius 1 is 1.10 bits per heavy atom. The van der Waals surface area contributed by atoms with E-state index in [1.165, 1.54) is 11.3 Å². The Morgan fingerprint density at radius 2 is 1.81 bits per heavy atom. The van der Waals surface area contributed by atoms with E-state index in [2.05, 4.69) is 16.0 Å². The molecule has 9 heteroatoms. The number of ether oxygens (including phenoxy) is 1. The summed E-state index contributed by atoms with van der Waals surface area (Å²) in [5, 5.41) is 6.13. The molecule has 0 bridgehead atoms. The molecule has 7 nitrogen and oxygen atoms in total. The van der Waals surface area contributed by atoms with Crippen LogP contribution in [-0.2, 0) is 6.54 Å². The number of benzene rings is 2. The molecule has 2 amide bonds. The number of thiophene rings is 1. The van der Waals surface area contributed by atoms with E-state index in [0.717, 1.165) is 21.5 Å². The minimum atomic E-state index is -0.418. The lowest BCUT2D eigenvalue weighted by Crippen LogP contribution is -2.41. The summed E-state index contributed by atoms with van der Waals surface area (Å²) < 4.78 is 6.91. The first-order valence-electron chi connectivity index (χ1n) is 9.41. The Morgan fingerprint density at radius 3 is 2.52 bits per heavy atom. The van der Waals surface area contributed by atoms with Crippen molar-refractivity contribution < 1.29 is 14.3 Å². The van der Waals surface area contributed by atoms with Gasteiger partial charge in [0.1, 0.15) is 10.6 Å². The average Bonchev–Trinajstić information content (AvgIpc) is 3.34. The molecule has 0 radical (unpaired) electrons. The van der Waals surface area contributed by atoms with Gasteiger partial charge in [-0.05, 0) is 48.9 Å². The number of halogens is 1. The third kappa shape index (κ3) is 4.40. The molecule has 31 heavy (non-hydrogen) atoms. The third-order valence-corrected chi connectivity index (χ3v) is 6.27. The van der Waals surface area contributed by atoms with Crippen molar-refractivity contribution in [3.63, 3.8) is 0 Å². The fraction of sp³-hybridized carbons (Fsp3) is 0.136. The predicted octanol–water partition coefficient (Wildman–Crippen LogP) is 4.19. The van der Waals surface area contributed by atoms with Crippen LogP contribution < -0.4 is 15.6 Å². The fourth-order valence-corrected chi connectivity index (χ4v) is 4.36. The number of aromatic nitrogens is 2. The molecule has 0 saturated heterocycles. The lowest BCUT2D eigenvalue weighted by molar-refractivity contribution is 0.0849. The molecule has 158 valence electrons. The lowest BCUT2D eigenvalue weighted by Gasteiger charge is -2.07. The van der Waals surface area contributed by atoms with Gasteiger partial charge in [-0.3, -0.25) is 25.1 Å². The van der Waals surface area contributed by atoms with Gasteiger partial charge in [0.05, 0.1) is 24.2 Å². The normalized spacial score (nSPS) is 10.8. The molecule has 0 aliphatic heterocycles. The number of amides is 2. The van der Waals surface area contributed by atoms with Crippen molar-refractivity contribution in [1.82, 2.24) is 20.6 Å². The number of methoxy groups -OCH3 is 1. The Labute approximate surface area is 187 Å². The van der Waals surface area contributed by atoms with Crippen molar-refractivity contribution >= 4 is 45.0 Å². The summed E-state index contributed by atoms with van der Waals surface area (Å²) in [6.45, 7) is 2.39. The summed E-state index contributed by atoms with van der Waals surface area (Å²) in [6.07, 6.45) is 0. The number of rotatable bonds is 5. The van der Waals surface area contributed by atoms with E-state index in [1.54, 1.807) is 37.4 Å². The zero-order valence-corrected chi connectivity index (χ0v) is 18.4. The van der Waals surface area contributed by atoms with Crippen molar-refractivity contribution in [2.75, 3.05) is 7.11 Å². The van der Waals surface area contributed by atoms with E-state index in [9.17, 15) is 9.59 Å². The van der Waals surface area contributed by atoms with E-state index < -0.39 is 11.8 Å². The molecule has 0 atom stereocenters. The van der Waals surface area contributed by atoms with Crippen LogP contribution in [0.1, 0.15) is 31.3 Å². The van der Waals surface area contributed by atoms with Crippen molar-refractivity contribution in [3.05, 3.63) is 81.3 Å². The van der Waals surface area contributed by atoms with Gasteiger partial charge in [-0.2, -0.15) is 5.10 Å². The second-order valence-corrected chi connectivity index (χ2v) is 8.24. The highest BCUT2D eigenvalue weighted by Crippen LogP contribution is 2.29. The summed E-state index contributed by atoms with van der Waals surface area (Å²) in [6, 6.07) is 16.0. The average molecular weight is 455 g/mol. The van der Waals surface area contributed by atoms with Gasteiger partial charge in [-0.1, -0.05) is 29.8 Å². The van der Waals surface area contributed by atoms with Gasteiger partial charge in [0.15, 0.2) is 0 Å². The quantitative estimate of drug-likeness (QED) is 0.443. The van der Waals surface area contributed by atoms with Crippen LogP contribution in [0, 0.1) is 6.92 Å². The number of hydrazine groups is 1. The van der Waals surface area contributed by atoms with Crippen LogP contribution in [0.4, 0.5) is 0 Å². The van der Waals surface area contributed by atoms with Gasteiger partial charge < -0.3 is 4.74 Å². The molecule has 4 aromatic rings. The topological polar surface area (TPSA) is 85.2 Å². The number of aryl methyl sites for hydroxylation is 1. The maximum absolute atomic E-state index is 12.6. The van der Waals surface area contributed by atoms with Crippen LogP contribution in [0.15, 0.2) is 54.6 Å². The predicted molar refractivity (Wildman–Crippen MR) is 121 cm³/mol. The van der Waals surface area contributed by atoms with Gasteiger partial charge in [-0.15, -0.1) is 11.3 Å². The van der Waals surface area contributed by atoms with E-state index in [1.807, 2.05) is 35.9 Å². The molecular formula is C22H19ClN4O3S. The molecule has 4 rings (SSSR count). The number of hydrogen-bond donors (Lipinski definition) is 2. The number of fused-ring (bicyclic) bond motifs is 1. The second-order valence-electron chi connectivity index (χ2n) is 6.80. The van der Waals surface area contributed by atoms with E-state index in [-0.39, 0.29) is 0 Å². The van der Waals surface area contributed by atoms with Crippen molar-refractivity contribution in [3.8, 4) is 5.75 Å². The largest absolute Gasteiger partial charge is 0.497 e. The van der Waals surface area contributed by atoms with E-state index >= 15 is 0 Å². The van der Waals surface area contributed by atoms with Gasteiger partial charge in [-0.25, -0.2) is 0 Å². The second kappa shape index (κ2) is 8.79. The van der Waals surface area contributed by atoms with Gasteiger partial charge in [0, 0.05) is 16.0 Å². The molecule has 0 unspecified atom stereocenters. The molecule has 0 spiro atoms. The van der Waals surface area contributed by atoms with Crippen molar-refractivity contribution in [2.24, 2.45) is 0 Å². The lowest BCUT2D eigenvalue weighted by atomic mass is 10.2. The molecule has 2 heterocycles. The minimum Gasteiger partial charge on any atom is -0.497 e. The molecule has 0 aliphatic rings. The van der Waals surface area contributed by atoms with Crippen LogP contribution in [0.25, 0.3) is 10.2 Å². The Kier molecular flexibility index (Phi) is 5.92. The summed E-state index contributed by atoms with van der Waals surface area (Å²) in [5.41, 5.74) is 7.07. The number of nitrogens with one attached hydrogen (secondary N) is 2. The van der Waals surface area contributed by atoms with Crippen LogP contribution in [-0.4, -0.2) is 28.7 Å². The molecule has 2 aromatic heterocycles. The van der Waals surface area contributed by atoms with Crippen molar-refractivity contribution in [1.29, 1.82) is 0 Å². The first kappa shape index (κ1) is 20.9. The Bertz CT molecular complexity index is 1260. The Hall–Kier alpha value is -3.36. The molecule has 2 N–H and O–H groups in total. The van der Waals surface area contributed by atoms with Crippen molar-refractivity contribution in [2.45, 2.75) is 13.5 Å². The standard InChI is InChI=1S/C22H19ClN4O3S/c1-13-17-11-19(21(29)25-24-20(28)14-7-9-16(30-2)10-8-14)31-22(17)27(26-13)12-15-5-3-4-6-18(15)23/h3-11H,12H2,1-2H3,(H,24,28)(H,25,29). The fourth-order valence-electron chi connectivity index (χ4n) is 3.11. The van der Waals surface area contributed by atoms with Crippen LogP contribution in [0.5, 0.6) is 5.75 Å². The summed E-state index contributed by atoms with van der Waals surface area (Å²) in [4.78, 5) is 26.2. The number of carbonyl (C=O) groups is 2. The van der Waals surface area contributed by atoms with Gasteiger partial charge in [0.2, 0.25) is 0 Å². The van der Waals surface area contributed by atoms with Gasteiger partial charge in [0.25, 0.3) is 11.8 Å². The molecule has 0 saturated carbocycles. The van der Waals surface area contributed by atoms with Crippen LogP contribution in [0.3, 0.4) is 0 Å². The third-order valence-electron chi connectivity index (χ3n) is 4.75. The van der Waals surface area contributed by atoms with E-state index in [0.29, 0.717) is 27.8 Å². The number of carbonyl (C=O) groups excluding carboxylic acids is 2.